The van der Waals surface area contributed by atoms with Crippen molar-refractivity contribution in [3.8, 4) is 11.3 Å². The second-order valence-electron chi connectivity index (χ2n) is 8.62. The van der Waals surface area contributed by atoms with E-state index < -0.39 is 0 Å². The first-order chi connectivity index (χ1) is 17.9. The van der Waals surface area contributed by atoms with Crippen LogP contribution in [0.1, 0.15) is 27.0 Å². The van der Waals surface area contributed by atoms with Crippen molar-refractivity contribution in [3.05, 3.63) is 106 Å². The van der Waals surface area contributed by atoms with E-state index in [9.17, 15) is 9.18 Å². The number of hydrogen-bond donors (Lipinski definition) is 2. The van der Waals surface area contributed by atoms with Crippen molar-refractivity contribution in [1.82, 2.24) is 14.9 Å². The third-order valence-corrected chi connectivity index (χ3v) is 6.33. The lowest BCUT2D eigenvalue weighted by Crippen LogP contribution is -2.31. The van der Waals surface area contributed by atoms with Crippen LogP contribution < -0.4 is 11.1 Å². The molecule has 0 bridgehead atoms. The molecule has 0 atom stereocenters. The van der Waals surface area contributed by atoms with E-state index in [4.69, 9.17) is 27.3 Å². The Labute approximate surface area is 218 Å². The summed E-state index contributed by atoms with van der Waals surface area (Å²) in [4.78, 5) is 28.0. The number of rotatable bonds is 6. The molecule has 0 spiro atoms. The number of aromatic nitrogens is 2. The fourth-order valence-electron chi connectivity index (χ4n) is 4.21. The predicted octanol–water partition coefficient (Wildman–Crippen LogP) is 5.06. The second kappa shape index (κ2) is 10.5. The fourth-order valence-corrected chi connectivity index (χ4v) is 4.38. The topological polar surface area (TPSA) is 96.5 Å². The minimum absolute atomic E-state index is 0.0980. The minimum atomic E-state index is -0.359. The van der Waals surface area contributed by atoms with Gasteiger partial charge in [0.1, 0.15) is 5.82 Å². The number of anilines is 2. The molecule has 1 aromatic heterocycles. The summed E-state index contributed by atoms with van der Waals surface area (Å²) in [6.07, 6.45) is 1.72. The lowest BCUT2D eigenvalue weighted by Gasteiger charge is -2.16. The molecule has 186 valence electrons. The number of nitrogens with two attached hydrogens (primary N) is 1. The highest BCUT2D eigenvalue weighted by atomic mass is 35.5. The van der Waals surface area contributed by atoms with Gasteiger partial charge in [-0.1, -0.05) is 29.8 Å². The van der Waals surface area contributed by atoms with Gasteiger partial charge in [0.15, 0.2) is 0 Å². The fraction of sp³-hybridized carbons (Fsp3) is 0.143. The first-order valence-corrected chi connectivity index (χ1v) is 12.1. The number of carbonyl (C=O) groups is 1. The van der Waals surface area contributed by atoms with E-state index in [-0.39, 0.29) is 11.7 Å². The van der Waals surface area contributed by atoms with Gasteiger partial charge < -0.3 is 16.0 Å². The van der Waals surface area contributed by atoms with E-state index in [0.717, 1.165) is 16.8 Å². The normalized spacial score (nSPS) is 12.2. The summed E-state index contributed by atoms with van der Waals surface area (Å²) in [7, 11) is 1.72. The summed E-state index contributed by atoms with van der Waals surface area (Å²) < 4.78 is 14.7. The standard InChI is InChI=1S/C28H24ClFN6O/c1-36(13-12-31)27(37)17-6-9-20(10-7-17)34-28-33-16-18-15-32-26(22-4-2-3-5-24(22)30)23-14-19(29)8-11-21(23)25(18)35-28/h2-11,14,16H,12-13,15,31H2,1H3,(H,33,34,35). The van der Waals surface area contributed by atoms with Crippen molar-refractivity contribution >= 4 is 34.9 Å². The van der Waals surface area contributed by atoms with Crippen LogP contribution in [-0.4, -0.2) is 46.6 Å². The molecule has 37 heavy (non-hydrogen) atoms. The number of fused-ring (bicyclic) bond motifs is 3. The molecular weight excluding hydrogens is 491 g/mol. The SMILES string of the molecule is CN(CCN)C(=O)c1ccc(Nc2ncc3c(n2)-c2ccc(Cl)cc2C(c2ccccc2F)=NC3)cc1. The number of benzene rings is 3. The number of amides is 1. The van der Waals surface area contributed by atoms with Gasteiger partial charge >= 0.3 is 0 Å². The Morgan fingerprint density at radius 2 is 1.86 bits per heavy atom. The van der Waals surface area contributed by atoms with Crippen LogP contribution in [0.2, 0.25) is 5.02 Å². The van der Waals surface area contributed by atoms with E-state index in [1.807, 2.05) is 6.07 Å². The summed E-state index contributed by atoms with van der Waals surface area (Å²) in [5.41, 5.74) is 10.7. The van der Waals surface area contributed by atoms with Crippen LogP contribution in [-0.2, 0) is 6.54 Å². The molecule has 2 heterocycles. The molecule has 0 radical (unpaired) electrons. The highest BCUT2D eigenvalue weighted by Crippen LogP contribution is 2.34. The molecule has 0 fully saturated rings. The maximum absolute atomic E-state index is 14.7. The second-order valence-corrected chi connectivity index (χ2v) is 9.06. The van der Waals surface area contributed by atoms with Crippen LogP contribution in [0.4, 0.5) is 16.0 Å². The molecule has 0 aliphatic carbocycles. The lowest BCUT2D eigenvalue weighted by atomic mass is 9.95. The molecule has 0 unspecified atom stereocenters. The Kier molecular flexibility index (Phi) is 6.94. The van der Waals surface area contributed by atoms with Gasteiger partial charge in [-0.25, -0.2) is 14.4 Å². The highest BCUT2D eigenvalue weighted by molar-refractivity contribution is 6.31. The molecule has 0 saturated heterocycles. The maximum atomic E-state index is 14.7. The summed E-state index contributed by atoms with van der Waals surface area (Å²) in [6, 6.07) is 19.1. The lowest BCUT2D eigenvalue weighted by molar-refractivity contribution is 0.0799. The largest absolute Gasteiger partial charge is 0.340 e. The van der Waals surface area contributed by atoms with Gasteiger partial charge in [-0.3, -0.25) is 9.79 Å². The van der Waals surface area contributed by atoms with E-state index in [1.54, 1.807) is 72.7 Å². The molecule has 1 amide bonds. The Morgan fingerprint density at radius 3 is 2.62 bits per heavy atom. The zero-order valence-corrected chi connectivity index (χ0v) is 20.8. The monoisotopic (exact) mass is 514 g/mol. The van der Waals surface area contributed by atoms with Gasteiger partial charge in [0.2, 0.25) is 5.95 Å². The average molecular weight is 515 g/mol. The Hall–Kier alpha value is -4.14. The summed E-state index contributed by atoms with van der Waals surface area (Å²) in [6.45, 7) is 1.18. The van der Waals surface area contributed by atoms with Crippen LogP contribution in [0, 0.1) is 5.82 Å². The molecule has 0 saturated carbocycles. The third-order valence-electron chi connectivity index (χ3n) is 6.09. The quantitative estimate of drug-likeness (QED) is 0.375. The minimum Gasteiger partial charge on any atom is -0.340 e. The first-order valence-electron chi connectivity index (χ1n) is 11.7. The average Bonchev–Trinajstić information content (AvgIpc) is 3.05. The van der Waals surface area contributed by atoms with Crippen molar-refractivity contribution < 1.29 is 9.18 Å². The molecule has 9 heteroatoms. The van der Waals surface area contributed by atoms with Gasteiger partial charge in [-0.2, -0.15) is 0 Å². The van der Waals surface area contributed by atoms with Gasteiger partial charge in [-0.05, 0) is 48.5 Å². The number of carbonyl (C=O) groups excluding carboxylic acids is 1. The summed E-state index contributed by atoms with van der Waals surface area (Å²) in [5, 5.41) is 3.72. The van der Waals surface area contributed by atoms with Gasteiger partial charge in [-0.15, -0.1) is 0 Å². The number of hydrogen-bond acceptors (Lipinski definition) is 6. The van der Waals surface area contributed by atoms with Crippen molar-refractivity contribution in [1.29, 1.82) is 0 Å². The van der Waals surface area contributed by atoms with Crippen LogP contribution in [0.15, 0.2) is 77.9 Å². The smallest absolute Gasteiger partial charge is 0.253 e. The maximum Gasteiger partial charge on any atom is 0.253 e. The van der Waals surface area contributed by atoms with Crippen LogP contribution in [0.5, 0.6) is 0 Å². The van der Waals surface area contributed by atoms with E-state index in [0.29, 0.717) is 58.7 Å². The molecule has 7 nitrogen and oxygen atoms in total. The molecule has 3 N–H and O–H groups in total. The summed E-state index contributed by atoms with van der Waals surface area (Å²) in [5.74, 6) is -0.0738. The zero-order valence-electron chi connectivity index (χ0n) is 20.1. The van der Waals surface area contributed by atoms with Crippen molar-refractivity contribution in [2.75, 3.05) is 25.5 Å². The number of nitrogens with zero attached hydrogens (tertiary/aromatic N) is 4. The zero-order chi connectivity index (χ0) is 25.9. The number of nitrogens with one attached hydrogen (secondary N) is 1. The Bertz CT molecular complexity index is 1510. The van der Waals surface area contributed by atoms with E-state index in [1.165, 1.54) is 6.07 Å². The van der Waals surface area contributed by atoms with E-state index >= 15 is 0 Å². The van der Waals surface area contributed by atoms with Crippen LogP contribution in [0.3, 0.4) is 0 Å². The highest BCUT2D eigenvalue weighted by Gasteiger charge is 2.23. The number of halogens is 2. The van der Waals surface area contributed by atoms with Gasteiger partial charge in [0, 0.05) is 64.9 Å². The molecular formula is C28H24ClFN6O. The molecule has 3 aromatic carbocycles. The van der Waals surface area contributed by atoms with Gasteiger partial charge in [0.25, 0.3) is 5.91 Å². The molecule has 4 aromatic rings. The van der Waals surface area contributed by atoms with Crippen LogP contribution in [0.25, 0.3) is 11.3 Å². The van der Waals surface area contributed by atoms with Crippen LogP contribution >= 0.6 is 11.6 Å². The van der Waals surface area contributed by atoms with E-state index in [2.05, 4.69) is 10.3 Å². The molecule has 1 aliphatic rings. The first kappa shape index (κ1) is 24.5. The van der Waals surface area contributed by atoms with Crippen molar-refractivity contribution in [2.45, 2.75) is 6.54 Å². The molecule has 5 rings (SSSR count). The number of aliphatic imine (C=N–C) groups is 1. The molecule has 1 aliphatic heterocycles. The Balaban J connectivity index is 1.47. The third kappa shape index (κ3) is 5.07. The summed E-state index contributed by atoms with van der Waals surface area (Å²) >= 11 is 6.33. The van der Waals surface area contributed by atoms with Crippen molar-refractivity contribution in [2.24, 2.45) is 10.7 Å². The van der Waals surface area contributed by atoms with Gasteiger partial charge in [0.05, 0.1) is 18.0 Å². The van der Waals surface area contributed by atoms with Crippen molar-refractivity contribution in [3.63, 3.8) is 0 Å². The number of likely N-dealkylation sites (N-methyl/N-ethyl adjacent to an activating group) is 1. The Morgan fingerprint density at radius 1 is 1.08 bits per heavy atom. The predicted molar refractivity (Wildman–Crippen MR) is 144 cm³/mol.